The fourth-order valence-corrected chi connectivity index (χ4v) is 0.341. The zero-order chi connectivity index (χ0) is 7.82. The summed E-state index contributed by atoms with van der Waals surface area (Å²) < 4.78 is 9.10. The Hall–Kier alpha value is 0.0223. The molecule has 0 bridgehead atoms. The van der Waals surface area contributed by atoms with Crippen molar-refractivity contribution in [3.05, 3.63) is 25.3 Å². The number of hydrogen-bond acceptors (Lipinski definition) is 3. The van der Waals surface area contributed by atoms with Crippen molar-refractivity contribution in [3.8, 4) is 0 Å². The van der Waals surface area contributed by atoms with E-state index < -0.39 is 7.32 Å². The van der Waals surface area contributed by atoms with Crippen LogP contribution >= 0.6 is 0 Å². The molecule has 0 unspecified atom stereocenters. The first-order chi connectivity index (χ1) is 4.81. The van der Waals surface area contributed by atoms with Crippen LogP contribution < -0.4 is 23.9 Å². The predicted octanol–water partition coefficient (Wildman–Crippen LogP) is -3.26. The van der Waals surface area contributed by atoms with Gasteiger partial charge in [-0.3, -0.25) is 0 Å². The molecule has 0 N–H and O–H groups in total. The maximum absolute atomic E-state index is 10.5. The first-order valence-corrected chi connectivity index (χ1v) is 2.92. The van der Waals surface area contributed by atoms with Gasteiger partial charge in [0.05, 0.1) is 0 Å². The van der Waals surface area contributed by atoms with Gasteiger partial charge in [0.15, 0.2) is 0 Å². The van der Waals surface area contributed by atoms with Gasteiger partial charge in [-0.1, -0.05) is 12.2 Å². The van der Waals surface area contributed by atoms with Crippen LogP contribution in [0.4, 0.5) is 0 Å². The van der Waals surface area contributed by atoms with Crippen molar-refractivity contribution in [1.29, 1.82) is 0 Å². The Balaban J connectivity index is 0. The summed E-state index contributed by atoms with van der Waals surface area (Å²) >= 11 is 0. The molecular weight excluding hydrogens is 138 g/mol. The third-order valence-electron chi connectivity index (χ3n) is 0.700. The summed E-state index contributed by atoms with van der Waals surface area (Å²) in [5.74, 6) is 0. The minimum Gasteiger partial charge on any atom is -0.832 e. The van der Waals surface area contributed by atoms with Gasteiger partial charge in [0.2, 0.25) is 0 Å². The third-order valence-corrected chi connectivity index (χ3v) is 0.700. The van der Waals surface area contributed by atoms with Gasteiger partial charge in [-0.15, -0.1) is 13.2 Å². The average Bonchev–Trinajstić information content (AvgIpc) is 1.97. The molecule has 0 saturated heterocycles. The minimum absolute atomic E-state index is 0. The molecule has 56 valence electrons. The van der Waals surface area contributed by atoms with Crippen LogP contribution in [0, 0.1) is 0 Å². The van der Waals surface area contributed by atoms with Gasteiger partial charge in [0.25, 0.3) is 0 Å². The zero-order valence-electron chi connectivity index (χ0n) is 6.79. The van der Waals surface area contributed by atoms with Crippen molar-refractivity contribution in [2.75, 3.05) is 13.2 Å². The molecule has 5 heteroatoms. The Morgan fingerprint density at radius 2 is 1.55 bits per heavy atom. The molecule has 11 heavy (non-hydrogen) atoms. The molecule has 0 aromatic heterocycles. The van der Waals surface area contributed by atoms with Gasteiger partial charge >= 0.3 is 26.2 Å². The van der Waals surface area contributed by atoms with E-state index in [0.29, 0.717) is 0 Å². The summed E-state index contributed by atoms with van der Waals surface area (Å²) in [5.41, 5.74) is 0. The van der Waals surface area contributed by atoms with Crippen molar-refractivity contribution < 1.29 is 33.2 Å². The van der Waals surface area contributed by atoms with Gasteiger partial charge in [-0.05, 0) is 0 Å². The molecule has 3 nitrogen and oxygen atoms in total. The van der Waals surface area contributed by atoms with E-state index in [1.54, 1.807) is 0 Å². The van der Waals surface area contributed by atoms with Crippen molar-refractivity contribution >= 4 is 7.32 Å². The summed E-state index contributed by atoms with van der Waals surface area (Å²) in [7, 11) is -1.42. The molecule has 0 amide bonds. The smallest absolute Gasteiger partial charge is 0.832 e. The zero-order valence-corrected chi connectivity index (χ0v) is 6.79. The van der Waals surface area contributed by atoms with Gasteiger partial charge in [0, 0.05) is 13.2 Å². The summed E-state index contributed by atoms with van der Waals surface area (Å²) in [6, 6.07) is 0. The van der Waals surface area contributed by atoms with E-state index in [-0.39, 0.29) is 32.1 Å². The molecule has 0 spiro atoms. The normalized spacial score (nSPS) is 8.09. The molecule has 0 aromatic carbocycles. The largest absolute Gasteiger partial charge is 1.00 e. The van der Waals surface area contributed by atoms with Crippen LogP contribution in [-0.4, -0.2) is 20.5 Å². The third kappa shape index (κ3) is 10.0. The van der Waals surface area contributed by atoms with E-state index in [4.69, 9.17) is 0 Å². The van der Waals surface area contributed by atoms with Crippen LogP contribution in [-0.2, 0) is 9.31 Å². The second kappa shape index (κ2) is 10.0. The average molecular weight is 148 g/mol. The maximum atomic E-state index is 10.5. The van der Waals surface area contributed by atoms with Crippen LogP contribution in [0.3, 0.4) is 0 Å². The first-order valence-electron chi connectivity index (χ1n) is 2.92. The molecule has 0 radical (unpaired) electrons. The summed E-state index contributed by atoms with van der Waals surface area (Å²) in [6.07, 6.45) is 2.98. The second-order valence-corrected chi connectivity index (χ2v) is 1.53. The van der Waals surface area contributed by atoms with Crippen LogP contribution in [0.15, 0.2) is 25.3 Å². The fourth-order valence-electron chi connectivity index (χ4n) is 0.341. The van der Waals surface area contributed by atoms with E-state index >= 15 is 0 Å². The second-order valence-electron chi connectivity index (χ2n) is 1.53. The Morgan fingerprint density at radius 1 is 1.18 bits per heavy atom. The van der Waals surface area contributed by atoms with Crippen molar-refractivity contribution in [1.82, 2.24) is 0 Å². The van der Waals surface area contributed by atoms with Crippen molar-refractivity contribution in [2.45, 2.75) is 0 Å². The summed E-state index contributed by atoms with van der Waals surface area (Å²) in [4.78, 5) is 0. The topological polar surface area (TPSA) is 41.5 Å². The van der Waals surface area contributed by atoms with E-state index in [1.807, 2.05) is 0 Å². The van der Waals surface area contributed by atoms with Crippen LogP contribution in [0.1, 0.15) is 0 Å². The van der Waals surface area contributed by atoms with Crippen molar-refractivity contribution in [3.63, 3.8) is 0 Å². The minimum atomic E-state index is -1.42. The Bertz CT molecular complexity index is 98.0. The summed E-state index contributed by atoms with van der Waals surface area (Å²) in [6.45, 7) is 7.17. The predicted molar refractivity (Wildman–Crippen MR) is 38.1 cm³/mol. The van der Waals surface area contributed by atoms with E-state index in [0.717, 1.165) is 0 Å². The molecule has 0 atom stereocenters. The van der Waals surface area contributed by atoms with Crippen LogP contribution in [0.25, 0.3) is 0 Å². The molecule has 0 aliphatic heterocycles. The molecule has 0 saturated carbocycles. The Labute approximate surface area is 79.4 Å². The SMILES string of the molecule is C=CCOB([O-])OCC=C.[Li+]. The van der Waals surface area contributed by atoms with Gasteiger partial charge in [-0.2, -0.15) is 0 Å². The molecule has 0 aliphatic carbocycles. The Morgan fingerprint density at radius 3 is 1.82 bits per heavy atom. The fraction of sp³-hybridized carbons (Fsp3) is 0.333. The molecular formula is C6H10BLiO3. The van der Waals surface area contributed by atoms with Crippen molar-refractivity contribution in [2.24, 2.45) is 0 Å². The molecule has 0 aromatic rings. The van der Waals surface area contributed by atoms with E-state index in [1.165, 1.54) is 12.2 Å². The summed E-state index contributed by atoms with van der Waals surface area (Å²) in [5, 5.41) is 10.5. The maximum Gasteiger partial charge on any atom is 1.00 e. The van der Waals surface area contributed by atoms with E-state index in [2.05, 4.69) is 22.5 Å². The number of hydrogen-bond donors (Lipinski definition) is 0. The standard InChI is InChI=1S/C6H10BO3.Li/c1-3-5-9-7(8)10-6-4-2;/h3-4H,1-2,5-6H2;/q-1;+1. The Kier molecular flexibility index (Phi) is 12.4. The number of rotatable bonds is 6. The van der Waals surface area contributed by atoms with Gasteiger partial charge in [0.1, 0.15) is 0 Å². The van der Waals surface area contributed by atoms with Crippen LogP contribution in [0.5, 0.6) is 0 Å². The van der Waals surface area contributed by atoms with Crippen LogP contribution in [0.2, 0.25) is 0 Å². The molecule has 0 rings (SSSR count). The molecule has 0 fully saturated rings. The monoisotopic (exact) mass is 148 g/mol. The van der Waals surface area contributed by atoms with E-state index in [9.17, 15) is 5.02 Å². The quantitative estimate of drug-likeness (QED) is 0.293. The first kappa shape index (κ1) is 13.6. The van der Waals surface area contributed by atoms with Gasteiger partial charge in [-0.25, -0.2) is 0 Å². The molecule has 0 heterocycles. The molecule has 0 aliphatic rings. The van der Waals surface area contributed by atoms with Gasteiger partial charge < -0.3 is 14.3 Å².